The van der Waals surface area contributed by atoms with Gasteiger partial charge in [0.15, 0.2) is 0 Å². The predicted octanol–water partition coefficient (Wildman–Crippen LogP) is 3.16. The first kappa shape index (κ1) is 14.5. The molecular weight excluding hydrogens is 300 g/mol. The highest BCUT2D eigenvalue weighted by Crippen LogP contribution is 2.30. The summed E-state index contributed by atoms with van der Waals surface area (Å²) in [5.74, 6) is -1.02. The van der Waals surface area contributed by atoms with Crippen molar-refractivity contribution < 1.29 is 9.90 Å². The van der Waals surface area contributed by atoms with Crippen LogP contribution in [0, 0.1) is 0 Å². The summed E-state index contributed by atoms with van der Waals surface area (Å²) in [5, 5.41) is 9.69. The zero-order valence-corrected chi connectivity index (χ0v) is 12.7. The van der Waals surface area contributed by atoms with Gasteiger partial charge in [0, 0.05) is 4.88 Å². The molecule has 0 fully saturated rings. The number of thiophene rings is 1. The zero-order chi connectivity index (χ0) is 15.7. The van der Waals surface area contributed by atoms with Crippen LogP contribution < -0.4 is 5.56 Å². The van der Waals surface area contributed by atoms with E-state index >= 15 is 0 Å². The van der Waals surface area contributed by atoms with E-state index in [1.807, 2.05) is 30.3 Å². The average molecular weight is 314 g/mol. The average Bonchev–Trinajstić information content (AvgIpc) is 2.96. The molecule has 5 nitrogen and oxygen atoms in total. The minimum absolute atomic E-state index is 0.308. The third kappa shape index (κ3) is 2.42. The minimum atomic E-state index is -1.02. The van der Waals surface area contributed by atoms with Gasteiger partial charge in [-0.1, -0.05) is 37.3 Å². The number of aromatic nitrogens is 2. The maximum atomic E-state index is 12.5. The van der Waals surface area contributed by atoms with Gasteiger partial charge in [0.05, 0.1) is 11.7 Å². The highest BCUT2D eigenvalue weighted by Gasteiger charge is 2.20. The summed E-state index contributed by atoms with van der Waals surface area (Å²) in [4.78, 5) is 29.6. The van der Waals surface area contributed by atoms with Crippen molar-refractivity contribution in [1.29, 1.82) is 0 Å². The van der Waals surface area contributed by atoms with Crippen LogP contribution in [0.3, 0.4) is 0 Å². The molecule has 0 bridgehead atoms. The van der Waals surface area contributed by atoms with Gasteiger partial charge in [-0.2, -0.15) is 0 Å². The fourth-order valence-corrected chi connectivity index (χ4v) is 3.39. The molecule has 1 N–H and O–H groups in total. The molecule has 1 aromatic carbocycles. The van der Waals surface area contributed by atoms with Crippen LogP contribution >= 0.6 is 11.3 Å². The number of rotatable bonds is 4. The van der Waals surface area contributed by atoms with Crippen molar-refractivity contribution in [2.45, 2.75) is 19.4 Å². The standard InChI is InChI=1S/C16H14N2O3S/c1-2-12(16(20)21)18-9-17-14-11(15(18)19)8-13(22-14)10-6-4-3-5-7-10/h3-9,12H,2H2,1H3,(H,20,21). The summed E-state index contributed by atoms with van der Waals surface area (Å²) in [6, 6.07) is 10.6. The van der Waals surface area contributed by atoms with Gasteiger partial charge in [0.2, 0.25) is 0 Å². The highest BCUT2D eigenvalue weighted by molar-refractivity contribution is 7.21. The number of nitrogens with zero attached hydrogens (tertiary/aromatic N) is 2. The lowest BCUT2D eigenvalue weighted by Gasteiger charge is -2.12. The zero-order valence-electron chi connectivity index (χ0n) is 11.9. The first-order valence-electron chi connectivity index (χ1n) is 6.90. The second-order valence-electron chi connectivity index (χ2n) is 4.91. The van der Waals surface area contributed by atoms with Crippen LogP contribution in [-0.4, -0.2) is 20.6 Å². The van der Waals surface area contributed by atoms with Crippen molar-refractivity contribution in [3.63, 3.8) is 0 Å². The normalized spacial score (nSPS) is 12.4. The fraction of sp³-hybridized carbons (Fsp3) is 0.188. The summed E-state index contributed by atoms with van der Waals surface area (Å²) in [6.45, 7) is 1.73. The van der Waals surface area contributed by atoms with E-state index in [0.29, 0.717) is 16.6 Å². The summed E-state index contributed by atoms with van der Waals surface area (Å²) >= 11 is 1.43. The van der Waals surface area contributed by atoms with E-state index in [-0.39, 0.29) is 5.56 Å². The van der Waals surface area contributed by atoms with Crippen LogP contribution in [0.1, 0.15) is 19.4 Å². The number of aliphatic carboxylic acids is 1. The lowest BCUT2D eigenvalue weighted by atomic mass is 10.2. The molecule has 0 saturated heterocycles. The van der Waals surface area contributed by atoms with Crippen LogP contribution in [0.15, 0.2) is 47.5 Å². The van der Waals surface area contributed by atoms with Crippen LogP contribution in [0.5, 0.6) is 0 Å². The Morgan fingerprint density at radius 2 is 2.09 bits per heavy atom. The van der Waals surface area contributed by atoms with Gasteiger partial charge in [-0.05, 0) is 18.1 Å². The fourth-order valence-electron chi connectivity index (χ4n) is 2.39. The number of carboxylic acids is 1. The Balaban J connectivity index is 2.16. The van der Waals surface area contributed by atoms with Crippen LogP contribution in [0.4, 0.5) is 0 Å². The Labute approximate surface area is 130 Å². The quantitative estimate of drug-likeness (QED) is 0.803. The van der Waals surface area contributed by atoms with E-state index in [4.69, 9.17) is 0 Å². The van der Waals surface area contributed by atoms with Gasteiger partial charge in [0.25, 0.3) is 5.56 Å². The molecule has 3 rings (SSSR count). The number of fused-ring (bicyclic) bond motifs is 1. The molecule has 0 aliphatic rings. The first-order valence-corrected chi connectivity index (χ1v) is 7.72. The van der Waals surface area contributed by atoms with Crippen molar-refractivity contribution in [2.24, 2.45) is 0 Å². The van der Waals surface area contributed by atoms with Gasteiger partial charge in [-0.25, -0.2) is 9.78 Å². The van der Waals surface area contributed by atoms with Crippen molar-refractivity contribution in [2.75, 3.05) is 0 Å². The largest absolute Gasteiger partial charge is 0.480 e. The highest BCUT2D eigenvalue weighted by atomic mass is 32.1. The summed E-state index contributed by atoms with van der Waals surface area (Å²) < 4.78 is 1.20. The molecule has 2 heterocycles. The smallest absolute Gasteiger partial charge is 0.326 e. The van der Waals surface area contributed by atoms with Gasteiger partial charge in [-0.15, -0.1) is 11.3 Å². The Morgan fingerprint density at radius 3 is 2.73 bits per heavy atom. The number of hydrogen-bond donors (Lipinski definition) is 1. The molecule has 0 aliphatic carbocycles. The number of benzene rings is 1. The van der Waals surface area contributed by atoms with E-state index in [1.165, 1.54) is 22.2 Å². The topological polar surface area (TPSA) is 72.2 Å². The van der Waals surface area contributed by atoms with Gasteiger partial charge < -0.3 is 5.11 Å². The van der Waals surface area contributed by atoms with Crippen molar-refractivity contribution in [1.82, 2.24) is 9.55 Å². The number of carboxylic acid groups (broad SMARTS) is 1. The number of hydrogen-bond acceptors (Lipinski definition) is 4. The summed E-state index contributed by atoms with van der Waals surface area (Å²) in [7, 11) is 0. The Kier molecular flexibility index (Phi) is 3.77. The van der Waals surface area contributed by atoms with Gasteiger partial charge >= 0.3 is 5.97 Å². The molecule has 0 spiro atoms. The minimum Gasteiger partial charge on any atom is -0.480 e. The Bertz CT molecular complexity index is 883. The van der Waals surface area contributed by atoms with Crippen molar-refractivity contribution in [3.8, 4) is 10.4 Å². The number of carbonyl (C=O) groups is 1. The van der Waals surface area contributed by atoms with Crippen LogP contribution in [-0.2, 0) is 4.79 Å². The molecule has 6 heteroatoms. The summed E-state index contributed by atoms with van der Waals surface area (Å²) in [5.41, 5.74) is 0.708. The molecule has 112 valence electrons. The second kappa shape index (κ2) is 5.73. The van der Waals surface area contributed by atoms with E-state index in [2.05, 4.69) is 4.98 Å². The molecule has 2 aromatic heterocycles. The molecule has 1 unspecified atom stereocenters. The van der Waals surface area contributed by atoms with E-state index < -0.39 is 12.0 Å². The van der Waals surface area contributed by atoms with E-state index in [9.17, 15) is 14.7 Å². The van der Waals surface area contributed by atoms with E-state index in [1.54, 1.807) is 13.0 Å². The maximum absolute atomic E-state index is 12.5. The SMILES string of the molecule is CCC(C(=O)O)n1cnc2sc(-c3ccccc3)cc2c1=O. The summed E-state index contributed by atoms with van der Waals surface area (Å²) in [6.07, 6.45) is 1.66. The molecule has 3 aromatic rings. The van der Waals surface area contributed by atoms with Crippen LogP contribution in [0.25, 0.3) is 20.7 Å². The molecule has 22 heavy (non-hydrogen) atoms. The maximum Gasteiger partial charge on any atom is 0.326 e. The van der Waals surface area contributed by atoms with E-state index in [0.717, 1.165) is 10.4 Å². The third-order valence-corrected chi connectivity index (χ3v) is 4.63. The third-order valence-electron chi connectivity index (χ3n) is 3.54. The molecule has 0 saturated carbocycles. The predicted molar refractivity (Wildman–Crippen MR) is 86.3 cm³/mol. The Morgan fingerprint density at radius 1 is 1.36 bits per heavy atom. The molecular formula is C16H14N2O3S. The van der Waals surface area contributed by atoms with Crippen LogP contribution in [0.2, 0.25) is 0 Å². The monoisotopic (exact) mass is 314 g/mol. The lowest BCUT2D eigenvalue weighted by Crippen LogP contribution is -2.29. The molecule has 0 aliphatic heterocycles. The van der Waals surface area contributed by atoms with Crippen molar-refractivity contribution in [3.05, 3.63) is 53.1 Å². The Hall–Kier alpha value is -2.47. The van der Waals surface area contributed by atoms with Crippen molar-refractivity contribution >= 4 is 27.5 Å². The second-order valence-corrected chi connectivity index (χ2v) is 5.95. The molecule has 0 amide bonds. The molecule has 1 atom stereocenters. The molecule has 0 radical (unpaired) electrons. The van der Waals surface area contributed by atoms with Gasteiger partial charge in [0.1, 0.15) is 10.9 Å². The lowest BCUT2D eigenvalue weighted by molar-refractivity contribution is -0.141. The first-order chi connectivity index (χ1) is 10.6. The van der Waals surface area contributed by atoms with Gasteiger partial charge in [-0.3, -0.25) is 9.36 Å².